The van der Waals surface area contributed by atoms with Crippen LogP contribution < -0.4 is 15.2 Å². The van der Waals surface area contributed by atoms with Crippen LogP contribution in [0.3, 0.4) is 0 Å². The Morgan fingerprint density at radius 2 is 1.85 bits per heavy atom. The molecule has 0 radical (unpaired) electrons. The van der Waals surface area contributed by atoms with Gasteiger partial charge in [-0.05, 0) is 45.8 Å². The fourth-order valence-corrected chi connectivity index (χ4v) is 2.52. The number of nitrogens with two attached hydrogens (primary N) is 1. The maximum atomic E-state index is 13.6. The number of hydrogen-bond acceptors (Lipinski definition) is 3. The first kappa shape index (κ1) is 14.8. The highest BCUT2D eigenvalue weighted by atomic mass is 79.9. The van der Waals surface area contributed by atoms with Crippen LogP contribution in [-0.2, 0) is 0 Å². The van der Waals surface area contributed by atoms with Crippen molar-refractivity contribution in [1.82, 2.24) is 0 Å². The lowest BCUT2D eigenvalue weighted by atomic mass is 9.98. The lowest BCUT2D eigenvalue weighted by molar-refractivity contribution is 0.397. The van der Waals surface area contributed by atoms with Crippen molar-refractivity contribution in [3.05, 3.63) is 57.8 Å². The first-order valence-electron chi connectivity index (χ1n) is 6.00. The van der Waals surface area contributed by atoms with Crippen LogP contribution in [0.5, 0.6) is 11.5 Å². The smallest absolute Gasteiger partial charge is 0.137 e. The molecule has 3 nitrogen and oxygen atoms in total. The molecule has 5 heteroatoms. The first-order chi connectivity index (χ1) is 9.58. The fourth-order valence-electron chi connectivity index (χ4n) is 2.01. The molecule has 0 aliphatic carbocycles. The second-order valence-corrected chi connectivity index (χ2v) is 5.02. The highest BCUT2D eigenvalue weighted by molar-refractivity contribution is 9.10. The van der Waals surface area contributed by atoms with Gasteiger partial charge in [-0.2, -0.15) is 0 Å². The molecular weight excluding hydrogens is 325 g/mol. The van der Waals surface area contributed by atoms with Crippen LogP contribution in [0.25, 0.3) is 0 Å². The zero-order valence-electron chi connectivity index (χ0n) is 11.2. The third kappa shape index (κ3) is 2.78. The molecule has 20 heavy (non-hydrogen) atoms. The molecule has 2 aromatic rings. The average molecular weight is 340 g/mol. The first-order valence-corrected chi connectivity index (χ1v) is 6.79. The van der Waals surface area contributed by atoms with Crippen molar-refractivity contribution in [2.75, 3.05) is 14.2 Å². The van der Waals surface area contributed by atoms with Crippen LogP contribution in [0.1, 0.15) is 17.2 Å². The van der Waals surface area contributed by atoms with Crippen molar-refractivity contribution in [2.45, 2.75) is 6.04 Å². The summed E-state index contributed by atoms with van der Waals surface area (Å²) in [5, 5.41) is 0. The van der Waals surface area contributed by atoms with Crippen LogP contribution in [0.2, 0.25) is 0 Å². The van der Waals surface area contributed by atoms with E-state index >= 15 is 0 Å². The van der Waals surface area contributed by atoms with E-state index in [0.717, 1.165) is 5.56 Å². The number of benzene rings is 2. The quantitative estimate of drug-likeness (QED) is 0.924. The normalized spacial score (nSPS) is 12.1. The molecule has 2 rings (SSSR count). The highest BCUT2D eigenvalue weighted by Gasteiger charge is 2.19. The highest BCUT2D eigenvalue weighted by Crippen LogP contribution is 2.35. The molecule has 1 unspecified atom stereocenters. The number of rotatable bonds is 4. The van der Waals surface area contributed by atoms with Gasteiger partial charge in [-0.3, -0.25) is 0 Å². The SMILES string of the molecule is COc1ccc(OC)c(C(N)c2cccc(F)c2Br)c1. The van der Waals surface area contributed by atoms with E-state index in [1.807, 2.05) is 0 Å². The Kier molecular flexibility index (Phi) is 4.62. The number of halogens is 2. The molecule has 0 bridgehead atoms. The third-order valence-corrected chi connectivity index (χ3v) is 3.93. The molecule has 106 valence electrons. The molecule has 0 amide bonds. The Labute approximate surface area is 125 Å². The largest absolute Gasteiger partial charge is 0.497 e. The zero-order chi connectivity index (χ0) is 14.7. The van der Waals surface area contributed by atoms with Crippen LogP contribution in [0.15, 0.2) is 40.9 Å². The van der Waals surface area contributed by atoms with Crippen molar-refractivity contribution in [3.63, 3.8) is 0 Å². The van der Waals surface area contributed by atoms with Gasteiger partial charge in [-0.25, -0.2) is 4.39 Å². The van der Waals surface area contributed by atoms with E-state index in [1.54, 1.807) is 44.6 Å². The van der Waals surface area contributed by atoms with Crippen molar-refractivity contribution >= 4 is 15.9 Å². The Hall–Kier alpha value is -1.59. The topological polar surface area (TPSA) is 44.5 Å². The molecule has 1 atom stereocenters. The van der Waals surface area contributed by atoms with Crippen LogP contribution >= 0.6 is 15.9 Å². The van der Waals surface area contributed by atoms with E-state index < -0.39 is 6.04 Å². The predicted octanol–water partition coefficient (Wildman–Crippen LogP) is 3.65. The molecule has 0 aliphatic heterocycles. The van der Waals surface area contributed by atoms with Gasteiger partial charge in [0.15, 0.2) is 0 Å². The zero-order valence-corrected chi connectivity index (χ0v) is 12.8. The van der Waals surface area contributed by atoms with E-state index in [4.69, 9.17) is 15.2 Å². The van der Waals surface area contributed by atoms with Gasteiger partial charge >= 0.3 is 0 Å². The van der Waals surface area contributed by atoms with Crippen molar-refractivity contribution in [3.8, 4) is 11.5 Å². The Morgan fingerprint density at radius 1 is 1.10 bits per heavy atom. The van der Waals surface area contributed by atoms with Crippen LogP contribution in [0.4, 0.5) is 4.39 Å². The van der Waals surface area contributed by atoms with Crippen LogP contribution in [0, 0.1) is 5.82 Å². The number of hydrogen-bond donors (Lipinski definition) is 1. The van der Waals surface area contributed by atoms with E-state index in [2.05, 4.69) is 15.9 Å². The van der Waals surface area contributed by atoms with Gasteiger partial charge in [-0.15, -0.1) is 0 Å². The molecule has 0 fully saturated rings. The lowest BCUT2D eigenvalue weighted by Gasteiger charge is -2.18. The summed E-state index contributed by atoms with van der Waals surface area (Å²) in [7, 11) is 3.15. The third-order valence-electron chi connectivity index (χ3n) is 3.09. The van der Waals surface area contributed by atoms with Crippen LogP contribution in [-0.4, -0.2) is 14.2 Å². The van der Waals surface area contributed by atoms with E-state index in [9.17, 15) is 4.39 Å². The minimum absolute atomic E-state index is 0.347. The monoisotopic (exact) mass is 339 g/mol. The molecular formula is C15H15BrFNO2. The summed E-state index contributed by atoms with van der Waals surface area (Å²) in [5.74, 6) is 0.957. The molecule has 2 N–H and O–H groups in total. The molecule has 0 spiro atoms. The maximum absolute atomic E-state index is 13.6. The molecule has 0 saturated heterocycles. The minimum Gasteiger partial charge on any atom is -0.497 e. The van der Waals surface area contributed by atoms with E-state index in [-0.39, 0.29) is 5.82 Å². The molecule has 0 aliphatic rings. The summed E-state index contributed by atoms with van der Waals surface area (Å²) >= 11 is 3.23. The summed E-state index contributed by atoms with van der Waals surface area (Å²) in [6.07, 6.45) is 0. The van der Waals surface area contributed by atoms with Gasteiger partial charge in [0.1, 0.15) is 17.3 Å². The Morgan fingerprint density at radius 3 is 2.50 bits per heavy atom. The van der Waals surface area contributed by atoms with Gasteiger partial charge < -0.3 is 15.2 Å². The fraction of sp³-hybridized carbons (Fsp3) is 0.200. The molecule has 0 heterocycles. The van der Waals surface area contributed by atoms with E-state index in [0.29, 0.717) is 21.5 Å². The van der Waals surface area contributed by atoms with Crippen molar-refractivity contribution in [1.29, 1.82) is 0 Å². The van der Waals surface area contributed by atoms with Crippen molar-refractivity contribution in [2.24, 2.45) is 5.73 Å². The van der Waals surface area contributed by atoms with Crippen molar-refractivity contribution < 1.29 is 13.9 Å². The molecule has 0 saturated carbocycles. The summed E-state index contributed by atoms with van der Waals surface area (Å²) in [6.45, 7) is 0. The Bertz CT molecular complexity index is 619. The Balaban J connectivity index is 2.51. The summed E-state index contributed by atoms with van der Waals surface area (Å²) in [6, 6.07) is 9.62. The second kappa shape index (κ2) is 6.24. The molecule has 0 aromatic heterocycles. The lowest BCUT2D eigenvalue weighted by Crippen LogP contribution is -2.14. The van der Waals surface area contributed by atoms with Gasteiger partial charge in [0, 0.05) is 5.56 Å². The average Bonchev–Trinajstić information content (AvgIpc) is 2.48. The molecule has 2 aromatic carbocycles. The van der Waals surface area contributed by atoms with Gasteiger partial charge in [0.25, 0.3) is 0 Å². The second-order valence-electron chi connectivity index (χ2n) is 4.23. The number of ether oxygens (including phenoxy) is 2. The minimum atomic E-state index is -0.523. The standard InChI is InChI=1S/C15H15BrFNO2/c1-19-9-6-7-13(20-2)11(8-9)15(18)10-4-3-5-12(17)14(10)16/h3-8,15H,18H2,1-2H3. The predicted molar refractivity (Wildman–Crippen MR) is 79.7 cm³/mol. The summed E-state index contributed by atoms with van der Waals surface area (Å²) in [4.78, 5) is 0. The van der Waals surface area contributed by atoms with Gasteiger partial charge in [-0.1, -0.05) is 12.1 Å². The maximum Gasteiger partial charge on any atom is 0.137 e. The van der Waals surface area contributed by atoms with Gasteiger partial charge in [0.05, 0.1) is 24.7 Å². The number of methoxy groups -OCH3 is 2. The van der Waals surface area contributed by atoms with Gasteiger partial charge in [0.2, 0.25) is 0 Å². The summed E-state index contributed by atoms with van der Waals surface area (Å²) in [5.41, 5.74) is 7.64. The van der Waals surface area contributed by atoms with E-state index in [1.165, 1.54) is 6.07 Å². The summed E-state index contributed by atoms with van der Waals surface area (Å²) < 4.78 is 24.5.